The van der Waals surface area contributed by atoms with Crippen LogP contribution in [0.3, 0.4) is 0 Å². The summed E-state index contributed by atoms with van der Waals surface area (Å²) in [6.45, 7) is 3.25. The third-order valence-electron chi connectivity index (χ3n) is 5.38. The first-order valence-electron chi connectivity index (χ1n) is 9.60. The minimum atomic E-state index is -0.370. The number of para-hydroxylation sites is 2. The summed E-state index contributed by atoms with van der Waals surface area (Å²) in [5.41, 5.74) is 0.707. The molecule has 3 rings (SSSR count). The molecule has 2 heterocycles. The number of hydrogen-bond acceptors (Lipinski definition) is 5. The molecule has 1 aromatic rings. The van der Waals surface area contributed by atoms with Crippen LogP contribution in [0.1, 0.15) is 32.1 Å². The molecule has 2 aliphatic heterocycles. The van der Waals surface area contributed by atoms with Crippen molar-refractivity contribution in [1.82, 2.24) is 10.2 Å². The van der Waals surface area contributed by atoms with Crippen LogP contribution in [0.4, 0.5) is 11.4 Å². The minimum Gasteiger partial charge on any atom is -0.366 e. The number of carbonyl (C=O) groups excluding carboxylic acids is 2. The third kappa shape index (κ3) is 4.75. The second-order valence-electron chi connectivity index (χ2n) is 7.14. The lowest BCUT2D eigenvalue weighted by molar-refractivity contribution is -0.384. The van der Waals surface area contributed by atoms with Crippen LogP contribution in [0, 0.1) is 16.0 Å². The molecule has 0 aromatic heterocycles. The van der Waals surface area contributed by atoms with Gasteiger partial charge >= 0.3 is 0 Å². The minimum absolute atomic E-state index is 0.0218. The van der Waals surface area contributed by atoms with E-state index < -0.39 is 0 Å². The van der Waals surface area contributed by atoms with Crippen LogP contribution in [-0.4, -0.2) is 54.4 Å². The topological polar surface area (TPSA) is 95.8 Å². The van der Waals surface area contributed by atoms with Crippen molar-refractivity contribution in [2.75, 3.05) is 37.6 Å². The monoisotopic (exact) mass is 374 g/mol. The van der Waals surface area contributed by atoms with E-state index in [-0.39, 0.29) is 28.3 Å². The van der Waals surface area contributed by atoms with E-state index in [9.17, 15) is 19.7 Å². The van der Waals surface area contributed by atoms with Gasteiger partial charge in [0.2, 0.25) is 11.8 Å². The number of likely N-dealkylation sites (tertiary alicyclic amines) is 1. The van der Waals surface area contributed by atoms with Gasteiger partial charge in [-0.15, -0.1) is 0 Å². The fraction of sp³-hybridized carbons (Fsp3) is 0.579. The predicted molar refractivity (Wildman–Crippen MR) is 101 cm³/mol. The third-order valence-corrected chi connectivity index (χ3v) is 5.38. The standard InChI is InChI=1S/C19H26N4O4/c24-18(22-11-3-4-12-22)7-10-20-19(25)15-8-13-21(14-9-15)16-5-1-2-6-17(16)23(26)27/h1-2,5-6,15H,3-4,7-14H2,(H,20,25). The van der Waals surface area contributed by atoms with Crippen LogP contribution in [0.5, 0.6) is 0 Å². The number of benzene rings is 1. The summed E-state index contributed by atoms with van der Waals surface area (Å²) < 4.78 is 0. The molecule has 0 bridgehead atoms. The number of anilines is 1. The van der Waals surface area contributed by atoms with Gasteiger partial charge < -0.3 is 15.1 Å². The van der Waals surface area contributed by atoms with Gasteiger partial charge in [-0.1, -0.05) is 12.1 Å². The van der Waals surface area contributed by atoms with Crippen LogP contribution >= 0.6 is 0 Å². The highest BCUT2D eigenvalue weighted by Gasteiger charge is 2.28. The van der Waals surface area contributed by atoms with Crippen LogP contribution in [0.2, 0.25) is 0 Å². The predicted octanol–water partition coefficient (Wildman–Crippen LogP) is 1.94. The molecule has 2 amide bonds. The number of amides is 2. The van der Waals surface area contributed by atoms with E-state index >= 15 is 0 Å². The van der Waals surface area contributed by atoms with E-state index in [1.165, 1.54) is 6.07 Å². The molecule has 146 valence electrons. The number of rotatable bonds is 6. The SMILES string of the molecule is O=C(NCCC(=O)N1CCCC1)C1CCN(c2ccccc2[N+](=O)[O-])CC1. The summed E-state index contributed by atoms with van der Waals surface area (Å²) in [5.74, 6) is -0.0173. The Morgan fingerprint density at radius 1 is 1.11 bits per heavy atom. The van der Waals surface area contributed by atoms with Crippen molar-refractivity contribution < 1.29 is 14.5 Å². The molecule has 0 saturated carbocycles. The molecule has 2 saturated heterocycles. The molecule has 1 aromatic carbocycles. The zero-order valence-corrected chi connectivity index (χ0v) is 15.4. The average Bonchev–Trinajstić information content (AvgIpc) is 3.23. The van der Waals surface area contributed by atoms with Crippen molar-refractivity contribution >= 4 is 23.2 Å². The number of nitrogens with zero attached hydrogens (tertiary/aromatic N) is 3. The number of hydrogen-bond donors (Lipinski definition) is 1. The van der Waals surface area contributed by atoms with E-state index in [4.69, 9.17) is 0 Å². The van der Waals surface area contributed by atoms with E-state index in [0.29, 0.717) is 44.6 Å². The molecule has 2 aliphatic rings. The number of nitro groups is 1. The number of carbonyl (C=O) groups is 2. The van der Waals surface area contributed by atoms with Crippen LogP contribution in [0.15, 0.2) is 24.3 Å². The van der Waals surface area contributed by atoms with Crippen molar-refractivity contribution in [1.29, 1.82) is 0 Å². The largest absolute Gasteiger partial charge is 0.366 e. The average molecular weight is 374 g/mol. The van der Waals surface area contributed by atoms with E-state index in [1.807, 2.05) is 9.80 Å². The van der Waals surface area contributed by atoms with Gasteiger partial charge in [0.25, 0.3) is 5.69 Å². The zero-order chi connectivity index (χ0) is 19.2. The molecule has 0 unspecified atom stereocenters. The molecule has 8 nitrogen and oxygen atoms in total. The molecular weight excluding hydrogens is 348 g/mol. The number of nitro benzene ring substituents is 1. The highest BCUT2D eigenvalue weighted by Crippen LogP contribution is 2.31. The van der Waals surface area contributed by atoms with Crippen molar-refractivity contribution in [2.24, 2.45) is 5.92 Å². The lowest BCUT2D eigenvalue weighted by atomic mass is 9.95. The molecule has 2 fully saturated rings. The molecule has 27 heavy (non-hydrogen) atoms. The highest BCUT2D eigenvalue weighted by molar-refractivity contribution is 5.81. The van der Waals surface area contributed by atoms with Gasteiger partial charge in [0.1, 0.15) is 5.69 Å². The second kappa shape index (κ2) is 8.83. The van der Waals surface area contributed by atoms with Crippen molar-refractivity contribution in [3.05, 3.63) is 34.4 Å². The van der Waals surface area contributed by atoms with Crippen LogP contribution in [0.25, 0.3) is 0 Å². The Kier molecular flexibility index (Phi) is 6.26. The molecule has 0 radical (unpaired) electrons. The Labute approximate surface area is 158 Å². The van der Waals surface area contributed by atoms with Gasteiger partial charge in [-0.3, -0.25) is 19.7 Å². The number of nitrogens with one attached hydrogen (secondary N) is 1. The molecule has 8 heteroatoms. The van der Waals surface area contributed by atoms with Gasteiger partial charge in [-0.05, 0) is 31.7 Å². The summed E-state index contributed by atoms with van der Waals surface area (Å²) in [6, 6.07) is 6.71. The van der Waals surface area contributed by atoms with Crippen molar-refractivity contribution in [2.45, 2.75) is 32.1 Å². The Bertz CT molecular complexity index is 695. The summed E-state index contributed by atoms with van der Waals surface area (Å²) >= 11 is 0. The van der Waals surface area contributed by atoms with Gasteiger partial charge in [-0.2, -0.15) is 0 Å². The van der Waals surface area contributed by atoms with E-state index in [2.05, 4.69) is 5.32 Å². The molecule has 1 N–H and O–H groups in total. The summed E-state index contributed by atoms with van der Waals surface area (Å²) in [7, 11) is 0. The zero-order valence-electron chi connectivity index (χ0n) is 15.4. The van der Waals surface area contributed by atoms with Gasteiger partial charge in [0, 0.05) is 51.1 Å². The fourth-order valence-electron chi connectivity index (χ4n) is 3.83. The fourth-order valence-corrected chi connectivity index (χ4v) is 3.83. The van der Waals surface area contributed by atoms with Gasteiger partial charge in [0.15, 0.2) is 0 Å². The first kappa shape index (κ1) is 19.1. The first-order chi connectivity index (χ1) is 13.1. The van der Waals surface area contributed by atoms with Gasteiger partial charge in [0.05, 0.1) is 4.92 Å². The quantitative estimate of drug-likeness (QED) is 0.606. The van der Waals surface area contributed by atoms with E-state index in [1.54, 1.807) is 18.2 Å². The Morgan fingerprint density at radius 2 is 1.78 bits per heavy atom. The maximum Gasteiger partial charge on any atom is 0.292 e. The molecule has 0 atom stereocenters. The van der Waals surface area contributed by atoms with Crippen molar-refractivity contribution in [3.8, 4) is 0 Å². The van der Waals surface area contributed by atoms with Crippen molar-refractivity contribution in [3.63, 3.8) is 0 Å². The van der Waals surface area contributed by atoms with Gasteiger partial charge in [-0.25, -0.2) is 0 Å². The number of piperidine rings is 1. The molecule has 0 aliphatic carbocycles. The maximum absolute atomic E-state index is 12.4. The Morgan fingerprint density at radius 3 is 2.44 bits per heavy atom. The second-order valence-corrected chi connectivity index (χ2v) is 7.14. The summed E-state index contributed by atoms with van der Waals surface area (Å²) in [6.07, 6.45) is 3.78. The maximum atomic E-state index is 12.4. The first-order valence-corrected chi connectivity index (χ1v) is 9.60. The summed E-state index contributed by atoms with van der Waals surface area (Å²) in [5, 5.41) is 14.1. The molecular formula is C19H26N4O4. The Hall–Kier alpha value is -2.64. The summed E-state index contributed by atoms with van der Waals surface area (Å²) in [4.78, 5) is 39.0. The van der Waals surface area contributed by atoms with E-state index in [0.717, 1.165) is 25.9 Å². The lowest BCUT2D eigenvalue weighted by Crippen LogP contribution is -2.41. The lowest BCUT2D eigenvalue weighted by Gasteiger charge is -2.32. The molecule has 0 spiro atoms. The normalized spacial score (nSPS) is 17.8. The smallest absolute Gasteiger partial charge is 0.292 e. The van der Waals surface area contributed by atoms with Crippen LogP contribution < -0.4 is 10.2 Å². The van der Waals surface area contributed by atoms with Crippen LogP contribution in [-0.2, 0) is 9.59 Å². The highest BCUT2D eigenvalue weighted by atomic mass is 16.6. The Balaban J connectivity index is 1.44.